The molecular formula is C17H12ClF3N4O. The van der Waals surface area contributed by atoms with Crippen LogP contribution in [0.2, 0.25) is 5.02 Å². The molecule has 3 aromatic rings. The number of benzene rings is 1. The molecule has 0 fully saturated rings. The second-order valence-electron chi connectivity index (χ2n) is 5.47. The first-order valence-electron chi connectivity index (χ1n) is 7.41. The number of carbonyl (C=O) groups is 1. The fourth-order valence-electron chi connectivity index (χ4n) is 2.38. The highest BCUT2D eigenvalue weighted by Gasteiger charge is 2.40. The van der Waals surface area contributed by atoms with Crippen LogP contribution in [0, 0.1) is 6.92 Å². The minimum atomic E-state index is -4.80. The van der Waals surface area contributed by atoms with Gasteiger partial charge in [0.15, 0.2) is 5.69 Å². The molecular weight excluding hydrogens is 369 g/mol. The second kappa shape index (κ2) is 6.80. The van der Waals surface area contributed by atoms with Crippen molar-refractivity contribution in [2.24, 2.45) is 0 Å². The first-order valence-corrected chi connectivity index (χ1v) is 7.78. The molecule has 5 nitrogen and oxygen atoms in total. The smallest absolute Gasteiger partial charge is 0.306 e. The highest BCUT2D eigenvalue weighted by molar-refractivity contribution is 6.30. The van der Waals surface area contributed by atoms with Gasteiger partial charge >= 0.3 is 6.18 Å². The number of pyridine rings is 1. The van der Waals surface area contributed by atoms with Gasteiger partial charge in [-0.2, -0.15) is 18.3 Å². The van der Waals surface area contributed by atoms with Crippen LogP contribution in [0.4, 0.5) is 19.0 Å². The average molecular weight is 381 g/mol. The molecule has 134 valence electrons. The third-order valence-electron chi connectivity index (χ3n) is 3.49. The van der Waals surface area contributed by atoms with Gasteiger partial charge in [0.2, 0.25) is 0 Å². The van der Waals surface area contributed by atoms with E-state index in [0.29, 0.717) is 4.68 Å². The standard InChI is InChI=1S/C17H12ClF3N4O/c1-10-5-6-22-14(7-10)24-16(26)13-9-23-25(15(13)17(19,20)21)12-4-2-3-11(18)8-12/h2-9H,1H3,(H,22,24,26). The molecule has 26 heavy (non-hydrogen) atoms. The summed E-state index contributed by atoms with van der Waals surface area (Å²) in [5, 5.41) is 6.34. The van der Waals surface area contributed by atoms with Crippen molar-refractivity contribution >= 4 is 23.3 Å². The van der Waals surface area contributed by atoms with Crippen LogP contribution in [0.1, 0.15) is 21.6 Å². The van der Waals surface area contributed by atoms with Gasteiger partial charge in [0.05, 0.1) is 17.4 Å². The van der Waals surface area contributed by atoms with Crippen molar-refractivity contribution in [2.45, 2.75) is 13.1 Å². The number of aromatic nitrogens is 3. The molecule has 1 aromatic carbocycles. The third kappa shape index (κ3) is 3.70. The number of anilines is 1. The van der Waals surface area contributed by atoms with Gasteiger partial charge in [-0.1, -0.05) is 17.7 Å². The Morgan fingerprint density at radius 3 is 2.65 bits per heavy atom. The highest BCUT2D eigenvalue weighted by Crippen LogP contribution is 2.34. The van der Waals surface area contributed by atoms with Crippen LogP contribution in [0.25, 0.3) is 5.69 Å². The van der Waals surface area contributed by atoms with Crippen molar-refractivity contribution in [2.75, 3.05) is 5.32 Å². The number of hydrogen-bond acceptors (Lipinski definition) is 3. The molecule has 0 aliphatic heterocycles. The zero-order valence-corrected chi connectivity index (χ0v) is 14.1. The summed E-state index contributed by atoms with van der Waals surface area (Å²) in [5.74, 6) is -0.803. The summed E-state index contributed by atoms with van der Waals surface area (Å²) >= 11 is 5.84. The molecule has 0 unspecified atom stereocenters. The highest BCUT2D eigenvalue weighted by atomic mass is 35.5. The molecule has 0 atom stereocenters. The number of nitrogens with one attached hydrogen (secondary N) is 1. The summed E-state index contributed by atoms with van der Waals surface area (Å²) in [6.07, 6.45) is -2.48. The molecule has 1 amide bonds. The summed E-state index contributed by atoms with van der Waals surface area (Å²) in [4.78, 5) is 16.3. The summed E-state index contributed by atoms with van der Waals surface area (Å²) in [5.41, 5.74) is -0.899. The molecule has 0 aliphatic rings. The number of halogens is 4. The number of aryl methyl sites for hydroxylation is 1. The zero-order valence-electron chi connectivity index (χ0n) is 13.4. The Labute approximate surface area is 151 Å². The lowest BCUT2D eigenvalue weighted by molar-refractivity contribution is -0.143. The van der Waals surface area contributed by atoms with Crippen LogP contribution < -0.4 is 5.32 Å². The van der Waals surface area contributed by atoms with Gasteiger partial charge in [-0.3, -0.25) is 4.79 Å². The zero-order chi connectivity index (χ0) is 18.9. The second-order valence-corrected chi connectivity index (χ2v) is 5.91. The third-order valence-corrected chi connectivity index (χ3v) is 3.73. The van der Waals surface area contributed by atoms with Crippen molar-refractivity contribution < 1.29 is 18.0 Å². The summed E-state index contributed by atoms with van der Waals surface area (Å²) < 4.78 is 41.4. The maximum absolute atomic E-state index is 13.6. The van der Waals surface area contributed by atoms with Crippen LogP contribution in [-0.2, 0) is 6.18 Å². The topological polar surface area (TPSA) is 59.8 Å². The fourth-order valence-corrected chi connectivity index (χ4v) is 2.56. The van der Waals surface area contributed by atoms with E-state index in [2.05, 4.69) is 15.4 Å². The molecule has 9 heteroatoms. The van der Waals surface area contributed by atoms with E-state index in [1.807, 2.05) is 0 Å². The lowest BCUT2D eigenvalue weighted by atomic mass is 10.2. The Kier molecular flexibility index (Phi) is 4.69. The summed E-state index contributed by atoms with van der Waals surface area (Å²) in [7, 11) is 0. The fraction of sp³-hybridized carbons (Fsp3) is 0.118. The Morgan fingerprint density at radius 2 is 2.00 bits per heavy atom. The molecule has 0 spiro atoms. The number of carbonyl (C=O) groups excluding carboxylic acids is 1. The summed E-state index contributed by atoms with van der Waals surface area (Å²) in [6, 6.07) is 9.01. The Morgan fingerprint density at radius 1 is 1.23 bits per heavy atom. The van der Waals surface area contributed by atoms with Crippen molar-refractivity contribution in [1.82, 2.24) is 14.8 Å². The number of rotatable bonds is 3. The van der Waals surface area contributed by atoms with E-state index in [1.54, 1.807) is 19.1 Å². The van der Waals surface area contributed by atoms with Crippen molar-refractivity contribution in [1.29, 1.82) is 0 Å². The van der Waals surface area contributed by atoms with E-state index in [4.69, 9.17) is 11.6 Å². The van der Waals surface area contributed by atoms with Crippen LogP contribution in [-0.4, -0.2) is 20.7 Å². The van der Waals surface area contributed by atoms with E-state index in [-0.39, 0.29) is 16.5 Å². The van der Waals surface area contributed by atoms with Crippen molar-refractivity contribution in [3.63, 3.8) is 0 Å². The molecule has 0 saturated heterocycles. The van der Waals surface area contributed by atoms with Crippen LogP contribution >= 0.6 is 11.6 Å². The van der Waals surface area contributed by atoms with Crippen LogP contribution in [0.3, 0.4) is 0 Å². The number of nitrogens with zero attached hydrogens (tertiary/aromatic N) is 3. The average Bonchev–Trinajstić information content (AvgIpc) is 3.00. The molecule has 2 heterocycles. The molecule has 1 N–H and O–H groups in total. The monoisotopic (exact) mass is 380 g/mol. The minimum Gasteiger partial charge on any atom is -0.306 e. The number of hydrogen-bond donors (Lipinski definition) is 1. The van der Waals surface area contributed by atoms with E-state index < -0.39 is 23.3 Å². The molecule has 0 saturated carbocycles. The van der Waals surface area contributed by atoms with Crippen LogP contribution in [0.5, 0.6) is 0 Å². The normalized spacial score (nSPS) is 11.4. The van der Waals surface area contributed by atoms with E-state index in [0.717, 1.165) is 11.8 Å². The van der Waals surface area contributed by atoms with Crippen molar-refractivity contribution in [3.05, 3.63) is 70.6 Å². The Balaban J connectivity index is 2.04. The largest absolute Gasteiger partial charge is 0.434 e. The van der Waals surface area contributed by atoms with Crippen molar-refractivity contribution in [3.8, 4) is 5.69 Å². The molecule has 3 rings (SSSR count). The first-order chi connectivity index (χ1) is 12.3. The van der Waals surface area contributed by atoms with E-state index in [1.165, 1.54) is 30.5 Å². The van der Waals surface area contributed by atoms with Gasteiger partial charge < -0.3 is 5.32 Å². The van der Waals surface area contributed by atoms with Crippen LogP contribution in [0.15, 0.2) is 48.8 Å². The van der Waals surface area contributed by atoms with Gasteiger partial charge in [0.25, 0.3) is 5.91 Å². The SMILES string of the molecule is Cc1ccnc(NC(=O)c2cnn(-c3cccc(Cl)c3)c2C(F)(F)F)c1. The van der Waals surface area contributed by atoms with Gasteiger partial charge in [0, 0.05) is 11.2 Å². The number of amides is 1. The maximum atomic E-state index is 13.6. The van der Waals surface area contributed by atoms with Gasteiger partial charge in [-0.25, -0.2) is 9.67 Å². The van der Waals surface area contributed by atoms with Gasteiger partial charge in [-0.05, 0) is 42.8 Å². The quantitative estimate of drug-likeness (QED) is 0.727. The molecule has 0 radical (unpaired) electrons. The molecule has 2 aromatic heterocycles. The van der Waals surface area contributed by atoms with Gasteiger partial charge in [-0.15, -0.1) is 0 Å². The Bertz CT molecular complexity index is 969. The van der Waals surface area contributed by atoms with E-state index in [9.17, 15) is 18.0 Å². The predicted octanol–water partition coefficient (Wildman–Crippen LogP) is 4.50. The summed E-state index contributed by atoms with van der Waals surface area (Å²) in [6.45, 7) is 1.77. The lowest BCUT2D eigenvalue weighted by Crippen LogP contribution is -2.21. The Hall–Kier alpha value is -2.87. The van der Waals surface area contributed by atoms with E-state index >= 15 is 0 Å². The molecule has 0 bridgehead atoms. The molecule has 0 aliphatic carbocycles. The first kappa shape index (κ1) is 17.9. The number of alkyl halides is 3. The predicted molar refractivity (Wildman–Crippen MR) is 90.5 cm³/mol. The maximum Gasteiger partial charge on any atom is 0.434 e. The lowest BCUT2D eigenvalue weighted by Gasteiger charge is -2.13. The van der Waals surface area contributed by atoms with Gasteiger partial charge in [0.1, 0.15) is 5.82 Å². The minimum absolute atomic E-state index is 0.0950.